The minimum atomic E-state index is -4.62. The van der Waals surface area contributed by atoms with Crippen molar-refractivity contribution in [3.8, 4) is 11.5 Å². The van der Waals surface area contributed by atoms with E-state index in [1.54, 1.807) is 47.1 Å². The molecule has 6 aromatic rings. The van der Waals surface area contributed by atoms with Crippen LogP contribution in [0.3, 0.4) is 0 Å². The highest BCUT2D eigenvalue weighted by Crippen LogP contribution is 2.44. The van der Waals surface area contributed by atoms with Gasteiger partial charge in [-0.25, -0.2) is 18.1 Å². The predicted octanol–water partition coefficient (Wildman–Crippen LogP) is 10.2. The Morgan fingerprint density at radius 1 is 0.920 bits per heavy atom. The lowest BCUT2D eigenvalue weighted by molar-refractivity contribution is -0.384. The van der Waals surface area contributed by atoms with Gasteiger partial charge in [-0.1, -0.05) is 49.2 Å². The number of rotatable bonds is 23. The zero-order valence-corrected chi connectivity index (χ0v) is 52.4. The van der Waals surface area contributed by atoms with E-state index in [9.17, 15) is 37.7 Å². The number of halogens is 1. The minimum absolute atomic E-state index is 0.0487. The third-order valence-corrected chi connectivity index (χ3v) is 20.6. The summed E-state index contributed by atoms with van der Waals surface area (Å²) < 4.78 is 36.5. The van der Waals surface area contributed by atoms with E-state index in [1.165, 1.54) is 35.0 Å². The molecule has 1 aliphatic carbocycles. The van der Waals surface area contributed by atoms with Gasteiger partial charge in [-0.2, -0.15) is 0 Å². The summed E-state index contributed by atoms with van der Waals surface area (Å²) in [6.07, 6.45) is 10.8. The highest BCUT2D eigenvalue weighted by Gasteiger charge is 2.40. The maximum Gasteiger partial charge on any atom is 0.293 e. The summed E-state index contributed by atoms with van der Waals surface area (Å²) in [5, 5.41) is 19.6. The van der Waals surface area contributed by atoms with Gasteiger partial charge in [0.15, 0.2) is 0 Å². The first-order chi connectivity index (χ1) is 42.3. The normalized spacial score (nSPS) is 18.7. The number of piperazine rings is 1. The first kappa shape index (κ1) is 62.3. The Kier molecular flexibility index (Phi) is 19.2. The standard InChI is InChI=1S/C65H76ClN11O9S2/c1-65(2)23-19-46(53(38-65)44-9-11-47(66)12-10-44)41-74-30-32-75(33-31-74)48-13-15-52(58(36-48)86-49-35-45-20-24-67-61(45)69-40-49)62(79)71-88(84,85)50-14-16-55(57(37-50)77(82)83)68-39-43-21-26-73(27-22-43)29-28-72(3)25-4-5-34-87-59-8-6-7-51-54(59)42-76(64(51)81)56-17-18-60(78)70-63(56)80/h6-16,20,24,35-37,40,43,56,68H,4-5,17-19,21-23,25-34,38-39,41-42H2,1-3H3,(H,67,69)(H,71,79)(H,70,78,80). The lowest BCUT2D eigenvalue weighted by Gasteiger charge is -2.39. The number of sulfonamides is 1. The summed E-state index contributed by atoms with van der Waals surface area (Å²) in [5.41, 5.74) is 7.04. The number of nitrogens with zero attached hydrogens (tertiary/aromatic N) is 7. The molecular formula is C65H76ClN11O9S2. The van der Waals surface area contributed by atoms with E-state index in [4.69, 9.17) is 16.3 Å². The number of carbonyl (C=O) groups is 4. The molecule has 1 atom stereocenters. The Hall–Kier alpha value is -7.34. The number of anilines is 2. The summed E-state index contributed by atoms with van der Waals surface area (Å²) in [5.74, 6) is -0.231. The molecule has 0 radical (unpaired) electrons. The molecule has 23 heteroatoms. The number of carbonyl (C=O) groups excluding carboxylic acids is 4. The molecular weight excluding hydrogens is 1180 g/mol. The van der Waals surface area contributed by atoms with Gasteiger partial charge in [0.2, 0.25) is 11.8 Å². The fraction of sp³-hybridized carbons (Fsp3) is 0.431. The second kappa shape index (κ2) is 27.2. The second-order valence-corrected chi connectivity index (χ2v) is 27.9. The van der Waals surface area contributed by atoms with Crippen molar-refractivity contribution in [1.29, 1.82) is 0 Å². The zero-order valence-electron chi connectivity index (χ0n) is 50.0. The number of fused-ring (bicyclic) bond motifs is 2. The van der Waals surface area contributed by atoms with Crippen molar-refractivity contribution in [3.63, 3.8) is 0 Å². The first-order valence-electron chi connectivity index (χ1n) is 30.4. The van der Waals surface area contributed by atoms with Crippen molar-refractivity contribution < 1.29 is 37.3 Å². The number of piperidine rings is 2. The molecule has 20 nitrogen and oxygen atoms in total. The molecule has 464 valence electrons. The molecule has 88 heavy (non-hydrogen) atoms. The molecule has 0 bridgehead atoms. The number of amides is 4. The SMILES string of the molecule is CN(CCCCSc1cccc2c1CN(C1CCC(=O)NC1=O)C2=O)CCN1CCC(CNc2ccc(S(=O)(=O)NC(=O)c3ccc(N4CCN(CC5=C(c6ccc(Cl)cc6)CC(C)(C)CC5)CC4)cc3Oc3cnc4[nH]ccc4c3)cc2[N+](=O)[O-])CC1. The Morgan fingerprint density at radius 2 is 1.72 bits per heavy atom. The van der Waals surface area contributed by atoms with Gasteiger partial charge in [-0.3, -0.25) is 39.5 Å². The molecule has 4 aliphatic heterocycles. The van der Waals surface area contributed by atoms with Crippen molar-refractivity contribution in [3.05, 3.63) is 146 Å². The first-order valence-corrected chi connectivity index (χ1v) is 33.3. The highest BCUT2D eigenvalue weighted by molar-refractivity contribution is 7.99. The molecule has 6 heterocycles. The number of benzene rings is 4. The average Bonchev–Trinajstić information content (AvgIpc) is 2.15. The van der Waals surface area contributed by atoms with Gasteiger partial charge in [0.25, 0.3) is 27.5 Å². The largest absolute Gasteiger partial charge is 0.455 e. The minimum Gasteiger partial charge on any atom is -0.455 e. The van der Waals surface area contributed by atoms with Crippen molar-refractivity contribution in [2.75, 3.05) is 95.0 Å². The van der Waals surface area contributed by atoms with E-state index in [0.29, 0.717) is 49.6 Å². The predicted molar refractivity (Wildman–Crippen MR) is 343 cm³/mol. The van der Waals surface area contributed by atoms with Crippen LogP contribution >= 0.6 is 23.4 Å². The lowest BCUT2D eigenvalue weighted by Crippen LogP contribution is -2.52. The topological polar surface area (TPSA) is 236 Å². The summed E-state index contributed by atoms with van der Waals surface area (Å²) >= 11 is 8.01. The van der Waals surface area contributed by atoms with Crippen molar-refractivity contribution >= 4 is 90.7 Å². The van der Waals surface area contributed by atoms with E-state index in [1.807, 2.05) is 36.4 Å². The van der Waals surface area contributed by atoms with Crippen LogP contribution in [0.25, 0.3) is 16.6 Å². The van der Waals surface area contributed by atoms with Crippen LogP contribution in [0, 0.1) is 21.4 Å². The molecule has 0 saturated carbocycles. The Morgan fingerprint density at radius 3 is 2.49 bits per heavy atom. The van der Waals surface area contributed by atoms with Crippen molar-refractivity contribution in [1.82, 2.24) is 39.6 Å². The third kappa shape index (κ3) is 14.9. The molecule has 5 aliphatic rings. The number of thioether (sulfide) groups is 1. The maximum absolute atomic E-state index is 14.2. The monoisotopic (exact) mass is 1250 g/mol. The van der Waals surface area contributed by atoms with Gasteiger partial charge >= 0.3 is 0 Å². The smallest absolute Gasteiger partial charge is 0.293 e. The third-order valence-electron chi connectivity index (χ3n) is 17.9. The van der Waals surface area contributed by atoms with Gasteiger partial charge in [0.1, 0.15) is 28.9 Å². The molecule has 3 saturated heterocycles. The number of nitro benzene ring substituents is 1. The van der Waals surface area contributed by atoms with Crippen LogP contribution in [0.4, 0.5) is 17.1 Å². The fourth-order valence-electron chi connectivity index (χ4n) is 12.6. The molecule has 2 aromatic heterocycles. The molecule has 11 rings (SSSR count). The van der Waals surface area contributed by atoms with Crippen LogP contribution in [0.1, 0.15) is 103 Å². The average molecular weight is 1250 g/mol. The number of allylic oxidation sites excluding steroid dienone is 1. The molecule has 4 amide bonds. The van der Waals surface area contributed by atoms with Crippen LogP contribution in [-0.2, 0) is 26.2 Å². The summed E-state index contributed by atoms with van der Waals surface area (Å²) in [7, 11) is -2.49. The maximum atomic E-state index is 14.2. The Balaban J connectivity index is 0.652. The van der Waals surface area contributed by atoms with E-state index < -0.39 is 43.4 Å². The van der Waals surface area contributed by atoms with Gasteiger partial charge in [0.05, 0.1) is 21.6 Å². The molecule has 4 N–H and O–H groups in total. The number of aromatic amines is 1. The van der Waals surface area contributed by atoms with Gasteiger partial charge in [-0.15, -0.1) is 11.8 Å². The van der Waals surface area contributed by atoms with E-state index in [2.05, 4.69) is 78.0 Å². The molecule has 0 spiro atoms. The Bertz CT molecular complexity index is 3750. The second-order valence-electron chi connectivity index (χ2n) is 24.6. The lowest BCUT2D eigenvalue weighted by atomic mass is 9.72. The van der Waals surface area contributed by atoms with Gasteiger partial charge in [0, 0.05) is 110 Å². The number of ether oxygens (including phenoxy) is 1. The molecule has 4 aromatic carbocycles. The van der Waals surface area contributed by atoms with E-state index in [-0.39, 0.29) is 46.6 Å². The van der Waals surface area contributed by atoms with Gasteiger partial charge in [-0.05, 0) is 172 Å². The number of likely N-dealkylation sites (N-methyl/N-ethyl adjacent to an activating group) is 1. The summed E-state index contributed by atoms with van der Waals surface area (Å²) in [6.45, 7) is 14.0. The number of nitro groups is 1. The quantitative estimate of drug-likeness (QED) is 0.0153. The number of likely N-dealkylation sites (tertiary alicyclic amines) is 1. The van der Waals surface area contributed by atoms with Crippen LogP contribution in [0.5, 0.6) is 11.5 Å². The van der Waals surface area contributed by atoms with Gasteiger partial charge < -0.3 is 34.6 Å². The number of hydrogen-bond acceptors (Lipinski definition) is 16. The number of unbranched alkanes of at least 4 members (excludes halogenated alkanes) is 1. The van der Waals surface area contributed by atoms with Crippen molar-refractivity contribution in [2.24, 2.45) is 11.3 Å². The number of nitrogens with one attached hydrogen (secondary N) is 4. The molecule has 3 fully saturated rings. The highest BCUT2D eigenvalue weighted by atomic mass is 35.5. The number of hydrogen-bond donors (Lipinski definition) is 4. The summed E-state index contributed by atoms with van der Waals surface area (Å²) in [6, 6.07) is 25.6. The fourth-order valence-corrected chi connectivity index (χ4v) is 14.8. The van der Waals surface area contributed by atoms with Crippen LogP contribution < -0.4 is 25.0 Å². The van der Waals surface area contributed by atoms with Crippen LogP contribution in [0.15, 0.2) is 119 Å². The number of aromatic nitrogens is 2. The number of imide groups is 1. The van der Waals surface area contributed by atoms with Crippen LogP contribution in [-0.4, -0.2) is 157 Å². The van der Waals surface area contributed by atoms with Crippen molar-refractivity contribution in [2.45, 2.75) is 94.0 Å². The number of pyridine rings is 1. The molecule has 1 unspecified atom stereocenters. The zero-order chi connectivity index (χ0) is 61.7. The Labute approximate surface area is 523 Å². The van der Waals surface area contributed by atoms with E-state index >= 15 is 0 Å². The van der Waals surface area contributed by atoms with E-state index in [0.717, 1.165) is 136 Å². The van der Waals surface area contributed by atoms with Crippen LogP contribution in [0.2, 0.25) is 5.02 Å². The summed E-state index contributed by atoms with van der Waals surface area (Å²) in [4.78, 5) is 82.8. The number of H-pyrrole nitrogens is 1.